The second kappa shape index (κ2) is 8.48. The first-order valence-electron chi connectivity index (χ1n) is 9.25. The van der Waals surface area contributed by atoms with Gasteiger partial charge in [-0.15, -0.1) is 0 Å². The third-order valence-electron chi connectivity index (χ3n) is 4.81. The number of ether oxygens (including phenoxy) is 1. The molecule has 0 radical (unpaired) electrons. The Kier molecular flexibility index (Phi) is 6.76. The van der Waals surface area contributed by atoms with Gasteiger partial charge in [-0.2, -0.15) is 0 Å². The van der Waals surface area contributed by atoms with Crippen LogP contribution in [0.1, 0.15) is 39.7 Å². The van der Waals surface area contributed by atoms with E-state index < -0.39 is 5.60 Å². The van der Waals surface area contributed by atoms with Gasteiger partial charge in [0.25, 0.3) is 0 Å². The van der Waals surface area contributed by atoms with Crippen molar-refractivity contribution in [3.63, 3.8) is 0 Å². The van der Waals surface area contributed by atoms with Crippen molar-refractivity contribution in [3.05, 3.63) is 28.8 Å². The van der Waals surface area contributed by atoms with Crippen LogP contribution >= 0.6 is 11.6 Å². The van der Waals surface area contributed by atoms with Crippen molar-refractivity contribution in [3.8, 4) is 0 Å². The number of halogens is 1. The van der Waals surface area contributed by atoms with E-state index in [0.29, 0.717) is 11.6 Å². The average molecular weight is 396 g/mol. The molecule has 1 saturated heterocycles. The first-order valence-corrected chi connectivity index (χ1v) is 9.62. The maximum Gasteiger partial charge on any atom is 0.410 e. The smallest absolute Gasteiger partial charge is 0.410 e. The lowest BCUT2D eigenvalue weighted by atomic mass is 10.2. The van der Waals surface area contributed by atoms with Crippen molar-refractivity contribution < 1.29 is 14.3 Å². The zero-order chi connectivity index (χ0) is 20.4. The molecule has 0 unspecified atom stereocenters. The molecule has 1 heterocycles. The Hall–Kier alpha value is -1.79. The van der Waals surface area contributed by atoms with Crippen LogP contribution in [-0.4, -0.2) is 59.6 Å². The highest BCUT2D eigenvalue weighted by Crippen LogP contribution is 2.23. The minimum atomic E-state index is -0.522. The summed E-state index contributed by atoms with van der Waals surface area (Å²) in [5, 5.41) is 3.54. The van der Waals surface area contributed by atoms with Gasteiger partial charge in [0.15, 0.2) is 0 Å². The largest absolute Gasteiger partial charge is 0.444 e. The predicted octanol–water partition coefficient (Wildman–Crippen LogP) is 3.92. The Morgan fingerprint density at radius 2 is 2.04 bits per heavy atom. The van der Waals surface area contributed by atoms with Crippen molar-refractivity contribution in [2.75, 3.05) is 25.5 Å². The quantitative estimate of drug-likeness (QED) is 0.839. The van der Waals surface area contributed by atoms with Crippen LogP contribution in [0.5, 0.6) is 0 Å². The molecular formula is C20H30ClN3O3. The van der Waals surface area contributed by atoms with Crippen LogP contribution in [0.2, 0.25) is 5.02 Å². The Morgan fingerprint density at radius 1 is 1.37 bits per heavy atom. The second-order valence-electron chi connectivity index (χ2n) is 8.15. The number of nitrogens with one attached hydrogen (secondary N) is 1. The standard InChI is InChI=1S/C20H30ClN3O3/c1-13-7-8-15(21)11-17(13)22-18(25)14(2)24-10-9-16(12-24)23(6)19(26)27-20(3,4)5/h7-8,11,14,16H,9-10,12H2,1-6H3,(H,22,25)/t14-,16+/m0/s1. The molecule has 6 nitrogen and oxygen atoms in total. The molecule has 7 heteroatoms. The van der Waals surface area contributed by atoms with Gasteiger partial charge >= 0.3 is 6.09 Å². The van der Waals surface area contributed by atoms with E-state index in [4.69, 9.17) is 16.3 Å². The summed E-state index contributed by atoms with van der Waals surface area (Å²) < 4.78 is 5.44. The van der Waals surface area contributed by atoms with Crippen molar-refractivity contribution in [1.29, 1.82) is 0 Å². The number of carbonyl (C=O) groups excluding carboxylic acids is 2. The summed E-state index contributed by atoms with van der Waals surface area (Å²) >= 11 is 6.03. The summed E-state index contributed by atoms with van der Waals surface area (Å²) in [5.41, 5.74) is 1.16. The van der Waals surface area contributed by atoms with Crippen LogP contribution in [0, 0.1) is 6.92 Å². The molecule has 1 fully saturated rings. The molecule has 0 aromatic heterocycles. The van der Waals surface area contributed by atoms with Crippen LogP contribution < -0.4 is 5.32 Å². The molecule has 2 atom stereocenters. The third-order valence-corrected chi connectivity index (χ3v) is 5.04. The van der Waals surface area contributed by atoms with Gasteiger partial charge in [-0.3, -0.25) is 9.69 Å². The van der Waals surface area contributed by atoms with E-state index in [0.717, 1.165) is 24.2 Å². The molecule has 1 aliphatic rings. The molecule has 0 saturated carbocycles. The third kappa shape index (κ3) is 5.84. The van der Waals surface area contributed by atoms with Crippen LogP contribution in [0.3, 0.4) is 0 Å². The van der Waals surface area contributed by atoms with Crippen molar-refractivity contribution >= 4 is 29.3 Å². The molecule has 0 aliphatic carbocycles. The highest BCUT2D eigenvalue weighted by Gasteiger charge is 2.34. The molecule has 0 bridgehead atoms. The van der Waals surface area contributed by atoms with E-state index in [9.17, 15) is 9.59 Å². The van der Waals surface area contributed by atoms with Gasteiger partial charge in [0.2, 0.25) is 5.91 Å². The Balaban J connectivity index is 1.94. The predicted molar refractivity (Wildman–Crippen MR) is 108 cm³/mol. The number of aryl methyl sites for hydroxylation is 1. The highest BCUT2D eigenvalue weighted by atomic mass is 35.5. The number of likely N-dealkylation sites (N-methyl/N-ethyl adjacent to an activating group) is 1. The van der Waals surface area contributed by atoms with Crippen molar-refractivity contribution in [2.45, 2.75) is 58.7 Å². The molecule has 0 spiro atoms. The molecule has 2 rings (SSSR count). The number of amides is 2. The zero-order valence-electron chi connectivity index (χ0n) is 17.0. The number of rotatable bonds is 4. The fraction of sp³-hybridized carbons (Fsp3) is 0.600. The molecule has 27 heavy (non-hydrogen) atoms. The van der Waals surface area contributed by atoms with Gasteiger partial charge < -0.3 is 15.0 Å². The van der Waals surface area contributed by atoms with Gasteiger partial charge in [0, 0.05) is 36.9 Å². The Morgan fingerprint density at radius 3 is 2.67 bits per heavy atom. The lowest BCUT2D eigenvalue weighted by molar-refractivity contribution is -0.120. The summed E-state index contributed by atoms with van der Waals surface area (Å²) in [4.78, 5) is 28.6. The normalized spacial score (nSPS) is 18.9. The molecule has 1 aliphatic heterocycles. The number of hydrogen-bond donors (Lipinski definition) is 1. The Labute approximate surface area is 166 Å². The van der Waals surface area contributed by atoms with Crippen molar-refractivity contribution in [1.82, 2.24) is 9.80 Å². The molecular weight excluding hydrogens is 366 g/mol. The number of nitrogens with zero attached hydrogens (tertiary/aromatic N) is 2. The van der Waals surface area contributed by atoms with E-state index in [1.54, 1.807) is 24.1 Å². The highest BCUT2D eigenvalue weighted by molar-refractivity contribution is 6.31. The fourth-order valence-corrected chi connectivity index (χ4v) is 3.22. The second-order valence-corrected chi connectivity index (χ2v) is 8.59. The minimum absolute atomic E-state index is 0.0306. The van der Waals surface area contributed by atoms with Gasteiger partial charge in [-0.1, -0.05) is 17.7 Å². The lowest BCUT2D eigenvalue weighted by Gasteiger charge is -2.29. The van der Waals surface area contributed by atoms with Gasteiger partial charge in [-0.05, 0) is 58.7 Å². The summed E-state index contributed by atoms with van der Waals surface area (Å²) in [5.74, 6) is -0.0825. The monoisotopic (exact) mass is 395 g/mol. The summed E-state index contributed by atoms with van der Waals surface area (Å²) in [6.07, 6.45) is 0.477. The number of hydrogen-bond acceptors (Lipinski definition) is 4. The molecule has 2 amide bonds. The van der Waals surface area contributed by atoms with E-state index in [1.165, 1.54) is 0 Å². The van der Waals surface area contributed by atoms with E-state index in [-0.39, 0.29) is 24.1 Å². The minimum Gasteiger partial charge on any atom is -0.444 e. The lowest BCUT2D eigenvalue weighted by Crippen LogP contribution is -2.45. The molecule has 1 aromatic rings. The van der Waals surface area contributed by atoms with Gasteiger partial charge in [0.05, 0.1) is 6.04 Å². The summed E-state index contributed by atoms with van der Waals surface area (Å²) in [7, 11) is 1.75. The van der Waals surface area contributed by atoms with Crippen molar-refractivity contribution in [2.24, 2.45) is 0 Å². The van der Waals surface area contributed by atoms with Crippen LogP contribution in [0.25, 0.3) is 0 Å². The SMILES string of the molecule is Cc1ccc(Cl)cc1NC(=O)[C@H](C)N1CC[C@@H](N(C)C(=O)OC(C)(C)C)C1. The first-order chi connectivity index (χ1) is 12.5. The number of carbonyl (C=O) groups is 2. The first kappa shape index (κ1) is 21.5. The van der Waals surface area contributed by atoms with Gasteiger partial charge in [0.1, 0.15) is 5.60 Å². The zero-order valence-corrected chi connectivity index (χ0v) is 17.8. The molecule has 1 N–H and O–H groups in total. The topological polar surface area (TPSA) is 61.9 Å². The van der Waals surface area contributed by atoms with Gasteiger partial charge in [-0.25, -0.2) is 4.79 Å². The Bertz CT molecular complexity index is 702. The summed E-state index contributed by atoms with van der Waals surface area (Å²) in [6.45, 7) is 10.8. The fourth-order valence-electron chi connectivity index (χ4n) is 3.05. The molecule has 150 valence electrons. The molecule has 1 aromatic carbocycles. The average Bonchev–Trinajstić information content (AvgIpc) is 3.05. The number of likely N-dealkylation sites (tertiary alicyclic amines) is 1. The maximum atomic E-state index is 12.7. The number of benzene rings is 1. The van der Waals surface area contributed by atoms with Crippen LogP contribution in [0.4, 0.5) is 10.5 Å². The summed E-state index contributed by atoms with van der Waals surface area (Å²) in [6, 6.07) is 5.16. The van der Waals surface area contributed by atoms with E-state index >= 15 is 0 Å². The van der Waals surface area contributed by atoms with E-state index in [2.05, 4.69) is 10.2 Å². The number of anilines is 1. The van der Waals surface area contributed by atoms with Crippen LogP contribution in [-0.2, 0) is 9.53 Å². The van der Waals surface area contributed by atoms with Crippen LogP contribution in [0.15, 0.2) is 18.2 Å². The maximum absolute atomic E-state index is 12.7. The van der Waals surface area contributed by atoms with E-state index in [1.807, 2.05) is 40.7 Å².